The Kier molecular flexibility index (Phi) is 7.66. The summed E-state index contributed by atoms with van der Waals surface area (Å²) in [5, 5.41) is 17.4. The summed E-state index contributed by atoms with van der Waals surface area (Å²) in [5.41, 5.74) is 7.83. The monoisotopic (exact) mass is 580 g/mol. The minimum absolute atomic E-state index is 0.151. The van der Waals surface area contributed by atoms with E-state index in [4.69, 9.17) is 10.6 Å². The number of oxime groups is 1. The minimum atomic E-state index is -3.50. The fourth-order valence-corrected chi connectivity index (χ4v) is 6.64. The topological polar surface area (TPSA) is 193 Å². The van der Waals surface area contributed by atoms with Gasteiger partial charge in [-0.15, -0.1) is 23.1 Å². The molecule has 5 N–H and O–H groups in total. The number of hydrogen-bond acceptors (Lipinski definition) is 11. The third kappa shape index (κ3) is 5.76. The van der Waals surface area contributed by atoms with E-state index < -0.39 is 39.2 Å². The standard InChI is InChI=1S/C22H24N6O7S3/c1-10-4-11(7-13(5-10)27-38(3,33)34)6-12-8-36-20-16(19(30)28(20)17(12)21(31)32)25-18(29)15(26-35-2)14-9-37-22(23)24-14/h4-5,7,9,16,20,27H,6,8H2,1-3H3,(H2,23,24)(H,25,29)(H,31,32)/t16-,20-/m1/s1. The zero-order chi connectivity index (χ0) is 27.8. The highest BCUT2D eigenvalue weighted by Gasteiger charge is 2.54. The van der Waals surface area contributed by atoms with Crippen molar-refractivity contribution in [1.82, 2.24) is 15.2 Å². The molecule has 1 fully saturated rings. The van der Waals surface area contributed by atoms with Gasteiger partial charge in [0.15, 0.2) is 10.8 Å². The van der Waals surface area contributed by atoms with Crippen LogP contribution in [0.2, 0.25) is 0 Å². The molecule has 0 unspecified atom stereocenters. The summed E-state index contributed by atoms with van der Waals surface area (Å²) in [4.78, 5) is 48.1. The van der Waals surface area contributed by atoms with Crippen LogP contribution in [0.3, 0.4) is 0 Å². The molecule has 2 aliphatic rings. The Hall–Kier alpha value is -3.63. The number of hydrogen-bond donors (Lipinski definition) is 4. The van der Waals surface area contributed by atoms with E-state index in [-0.39, 0.29) is 34.4 Å². The Morgan fingerprint density at radius 2 is 2.08 bits per heavy atom. The fraction of sp³-hybridized carbons (Fsp3) is 0.318. The van der Waals surface area contributed by atoms with Crippen LogP contribution in [-0.4, -0.2) is 77.4 Å². The quantitative estimate of drug-likeness (QED) is 0.187. The van der Waals surface area contributed by atoms with Crippen LogP contribution in [0.1, 0.15) is 16.8 Å². The Balaban J connectivity index is 1.55. The molecule has 3 heterocycles. The predicted octanol–water partition coefficient (Wildman–Crippen LogP) is 0.737. The molecule has 2 aromatic rings. The van der Waals surface area contributed by atoms with Gasteiger partial charge < -0.3 is 21.0 Å². The van der Waals surface area contributed by atoms with Gasteiger partial charge in [0.05, 0.1) is 6.26 Å². The molecule has 2 amide bonds. The van der Waals surface area contributed by atoms with Crippen molar-refractivity contribution in [2.75, 3.05) is 29.6 Å². The number of anilines is 2. The normalized spacial score (nSPS) is 19.5. The number of sulfonamides is 1. The number of rotatable bonds is 9. The number of amides is 2. The number of carbonyl (C=O) groups excluding carboxylic acids is 2. The molecule has 202 valence electrons. The molecule has 0 spiro atoms. The number of carboxylic acid groups (broad SMARTS) is 1. The number of nitrogens with one attached hydrogen (secondary N) is 2. The van der Waals surface area contributed by atoms with E-state index >= 15 is 0 Å². The molecule has 1 aromatic heterocycles. The molecule has 0 radical (unpaired) electrons. The second-order valence-corrected chi connectivity index (χ2v) is 12.3. The maximum atomic E-state index is 13.0. The summed E-state index contributed by atoms with van der Waals surface area (Å²) in [7, 11) is -2.24. The molecule has 2 aliphatic heterocycles. The number of thiazole rings is 1. The molecular weight excluding hydrogens is 556 g/mol. The van der Waals surface area contributed by atoms with E-state index in [1.54, 1.807) is 19.1 Å². The Labute approximate surface area is 226 Å². The number of aryl methyl sites for hydroxylation is 1. The van der Waals surface area contributed by atoms with Crippen molar-refractivity contribution in [3.05, 3.63) is 51.7 Å². The van der Waals surface area contributed by atoms with Gasteiger partial charge in [-0.05, 0) is 42.2 Å². The fourth-order valence-electron chi connectivity index (χ4n) is 4.20. The Morgan fingerprint density at radius 1 is 1.34 bits per heavy atom. The third-order valence-corrected chi connectivity index (χ3v) is 8.18. The molecule has 0 aliphatic carbocycles. The van der Waals surface area contributed by atoms with Gasteiger partial charge in [0.1, 0.15) is 29.9 Å². The number of β-lactam (4-membered cyclic amide) rings is 1. The molecule has 13 nitrogen and oxygen atoms in total. The lowest BCUT2D eigenvalue weighted by Gasteiger charge is -2.49. The number of thioether (sulfide) groups is 1. The number of carboxylic acids is 1. The number of nitrogens with zero attached hydrogens (tertiary/aromatic N) is 3. The van der Waals surface area contributed by atoms with Crippen molar-refractivity contribution >= 4 is 67.4 Å². The van der Waals surface area contributed by atoms with E-state index in [1.807, 2.05) is 6.07 Å². The lowest BCUT2D eigenvalue weighted by atomic mass is 9.97. The van der Waals surface area contributed by atoms with Gasteiger partial charge in [0.25, 0.3) is 11.8 Å². The average Bonchev–Trinajstić information content (AvgIpc) is 3.24. The summed E-state index contributed by atoms with van der Waals surface area (Å²) in [6, 6.07) is 4.13. The number of benzene rings is 1. The highest BCUT2D eigenvalue weighted by atomic mass is 32.2. The average molecular weight is 581 g/mol. The smallest absolute Gasteiger partial charge is 0.352 e. The first-order valence-corrected chi connectivity index (χ1v) is 14.8. The lowest BCUT2D eigenvalue weighted by molar-refractivity contribution is -0.150. The van der Waals surface area contributed by atoms with Gasteiger partial charge in [-0.1, -0.05) is 11.2 Å². The van der Waals surface area contributed by atoms with Crippen molar-refractivity contribution < 1.29 is 32.7 Å². The molecule has 0 saturated carbocycles. The molecule has 1 aromatic carbocycles. The number of aliphatic carboxylic acids is 1. The van der Waals surface area contributed by atoms with Gasteiger partial charge in [-0.25, -0.2) is 18.2 Å². The number of carbonyl (C=O) groups is 3. The Bertz CT molecular complexity index is 1480. The maximum absolute atomic E-state index is 13.0. The number of nitrogens with two attached hydrogens (primary N) is 1. The molecule has 2 atom stereocenters. The van der Waals surface area contributed by atoms with Crippen molar-refractivity contribution in [3.63, 3.8) is 0 Å². The van der Waals surface area contributed by atoms with Crippen LogP contribution in [0, 0.1) is 6.92 Å². The molecular formula is C22H24N6O7S3. The second-order valence-electron chi connectivity index (χ2n) is 8.57. The van der Waals surface area contributed by atoms with Gasteiger partial charge in [-0.2, -0.15) is 0 Å². The van der Waals surface area contributed by atoms with Gasteiger partial charge in [0, 0.05) is 16.8 Å². The Morgan fingerprint density at radius 3 is 2.68 bits per heavy atom. The number of aromatic nitrogens is 1. The van der Waals surface area contributed by atoms with Crippen molar-refractivity contribution in [1.29, 1.82) is 0 Å². The SMILES string of the molecule is CON=C(C(=O)N[C@@H]1C(=O)N2C(C(=O)O)=C(Cc3cc(C)cc(NS(C)(=O)=O)c3)CS[C@H]12)c1csc(N)n1. The second kappa shape index (κ2) is 10.6. The van der Waals surface area contributed by atoms with E-state index in [1.165, 1.54) is 24.3 Å². The molecule has 4 rings (SSSR count). The van der Waals surface area contributed by atoms with Crippen molar-refractivity contribution in [3.8, 4) is 0 Å². The van der Waals surface area contributed by atoms with Crippen LogP contribution in [0.4, 0.5) is 10.8 Å². The highest BCUT2D eigenvalue weighted by Crippen LogP contribution is 2.41. The first kappa shape index (κ1) is 27.4. The summed E-state index contributed by atoms with van der Waals surface area (Å²) in [5.74, 6) is -2.28. The van der Waals surface area contributed by atoms with Crippen LogP contribution < -0.4 is 15.8 Å². The minimum Gasteiger partial charge on any atom is -0.477 e. The molecule has 0 bridgehead atoms. The number of nitrogen functional groups attached to an aromatic ring is 1. The maximum Gasteiger partial charge on any atom is 0.352 e. The molecule has 16 heteroatoms. The highest BCUT2D eigenvalue weighted by molar-refractivity contribution is 8.00. The number of fused-ring (bicyclic) bond motifs is 1. The largest absolute Gasteiger partial charge is 0.477 e. The summed E-state index contributed by atoms with van der Waals surface area (Å²) in [6.07, 6.45) is 1.23. The lowest BCUT2D eigenvalue weighted by Crippen LogP contribution is -2.71. The van der Waals surface area contributed by atoms with Crippen LogP contribution in [0.15, 0.2) is 40.0 Å². The van der Waals surface area contributed by atoms with Crippen LogP contribution in [0.25, 0.3) is 0 Å². The first-order valence-electron chi connectivity index (χ1n) is 11.0. The van der Waals surface area contributed by atoms with E-state index in [0.717, 1.165) is 28.1 Å². The zero-order valence-electron chi connectivity index (χ0n) is 20.4. The summed E-state index contributed by atoms with van der Waals surface area (Å²) in [6.45, 7) is 1.79. The summed E-state index contributed by atoms with van der Waals surface area (Å²) >= 11 is 2.42. The van der Waals surface area contributed by atoms with Gasteiger partial charge >= 0.3 is 5.97 Å². The van der Waals surface area contributed by atoms with Crippen molar-refractivity contribution in [2.45, 2.75) is 24.8 Å². The van der Waals surface area contributed by atoms with E-state index in [0.29, 0.717) is 16.8 Å². The zero-order valence-corrected chi connectivity index (χ0v) is 22.9. The van der Waals surface area contributed by atoms with Gasteiger partial charge in [0.2, 0.25) is 10.0 Å². The van der Waals surface area contributed by atoms with Crippen LogP contribution >= 0.6 is 23.1 Å². The van der Waals surface area contributed by atoms with Crippen LogP contribution in [-0.2, 0) is 35.7 Å². The van der Waals surface area contributed by atoms with Gasteiger partial charge in [-0.3, -0.25) is 19.2 Å². The first-order chi connectivity index (χ1) is 17.9. The van der Waals surface area contributed by atoms with E-state index in [9.17, 15) is 27.9 Å². The van der Waals surface area contributed by atoms with E-state index in [2.05, 4.69) is 20.2 Å². The third-order valence-electron chi connectivity index (χ3n) is 5.56. The van der Waals surface area contributed by atoms with Crippen molar-refractivity contribution in [2.24, 2.45) is 5.16 Å². The molecule has 38 heavy (non-hydrogen) atoms. The molecule has 1 saturated heterocycles. The van der Waals surface area contributed by atoms with Crippen LogP contribution in [0.5, 0.6) is 0 Å². The summed E-state index contributed by atoms with van der Waals surface area (Å²) < 4.78 is 25.7. The predicted molar refractivity (Wildman–Crippen MR) is 143 cm³/mol.